The predicted molar refractivity (Wildman–Crippen MR) is 52.3 cm³/mol. The lowest BCUT2D eigenvalue weighted by molar-refractivity contribution is -0.120. The molecule has 2 rings (SSSR count). The van der Waals surface area contributed by atoms with Crippen LogP contribution in [0.1, 0.15) is 0 Å². The summed E-state index contributed by atoms with van der Waals surface area (Å²) in [4.78, 5) is 10.1. The predicted octanol–water partition coefficient (Wildman–Crippen LogP) is 2.08. The molecule has 0 radical (unpaired) electrons. The van der Waals surface area contributed by atoms with Gasteiger partial charge in [-0.25, -0.2) is 0 Å². The van der Waals surface area contributed by atoms with E-state index in [0.717, 1.165) is 10.8 Å². The zero-order valence-corrected chi connectivity index (χ0v) is 7.31. The molecular formula is C11H8O3. The van der Waals surface area contributed by atoms with Gasteiger partial charge in [0.15, 0.2) is 11.5 Å². The molecule has 0 spiro atoms. The molecule has 0 aliphatic carbocycles. The molecule has 0 fully saturated rings. The number of carbonyl (C=O) groups excluding carboxylic acids is 1. The highest BCUT2D eigenvalue weighted by molar-refractivity contribution is 5.86. The summed E-state index contributed by atoms with van der Waals surface area (Å²) in [6.07, 6.45) is 0. The zero-order chi connectivity index (χ0) is 9.97. The maximum atomic E-state index is 10.1. The Balaban J connectivity index is 2.64. The molecule has 0 aliphatic heterocycles. The molecular weight excluding hydrogens is 180 g/mol. The largest absolute Gasteiger partial charge is 0.504 e. The summed E-state index contributed by atoms with van der Waals surface area (Å²) in [5.74, 6) is 0.148. The second kappa shape index (κ2) is 3.38. The van der Waals surface area contributed by atoms with Crippen LogP contribution in [0.4, 0.5) is 0 Å². The van der Waals surface area contributed by atoms with Crippen LogP contribution in [0.3, 0.4) is 0 Å². The van der Waals surface area contributed by atoms with Crippen molar-refractivity contribution in [3.05, 3.63) is 36.4 Å². The average Bonchev–Trinajstić information content (AvgIpc) is 2.19. The summed E-state index contributed by atoms with van der Waals surface area (Å²) in [6, 6.07) is 10.7. The monoisotopic (exact) mass is 188 g/mol. The Hall–Kier alpha value is -2.03. The van der Waals surface area contributed by atoms with Gasteiger partial charge in [-0.1, -0.05) is 24.3 Å². The quantitative estimate of drug-likeness (QED) is 0.734. The van der Waals surface area contributed by atoms with Crippen LogP contribution in [0, 0.1) is 0 Å². The van der Waals surface area contributed by atoms with Gasteiger partial charge in [-0.3, -0.25) is 4.79 Å². The molecule has 14 heavy (non-hydrogen) atoms. The number of rotatable bonds is 2. The molecule has 1 N–H and O–H groups in total. The third-order valence-corrected chi connectivity index (χ3v) is 2.00. The highest BCUT2D eigenvalue weighted by atomic mass is 16.5. The molecule has 0 aliphatic rings. The molecule has 0 heterocycles. The number of carbonyl (C=O) groups is 1. The molecule has 0 saturated carbocycles. The minimum absolute atomic E-state index is 0.0317. The lowest BCUT2D eigenvalue weighted by atomic mass is 10.1. The number of ether oxygens (including phenoxy) is 1. The van der Waals surface area contributed by atoms with E-state index in [2.05, 4.69) is 4.74 Å². The number of hydrogen-bond acceptors (Lipinski definition) is 3. The summed E-state index contributed by atoms with van der Waals surface area (Å²) in [5.41, 5.74) is 0. The fraction of sp³-hybridized carbons (Fsp3) is 0. The number of aromatic hydroxyl groups is 1. The number of benzene rings is 2. The number of phenolic OH excluding ortho intramolecular Hbond substituents is 1. The van der Waals surface area contributed by atoms with Crippen molar-refractivity contribution in [3.8, 4) is 11.5 Å². The third kappa shape index (κ3) is 1.40. The number of fused-ring (bicyclic) bond motifs is 1. The molecule has 0 aromatic heterocycles. The van der Waals surface area contributed by atoms with E-state index in [1.165, 1.54) is 0 Å². The highest BCUT2D eigenvalue weighted by Crippen LogP contribution is 2.30. The van der Waals surface area contributed by atoms with Crippen molar-refractivity contribution < 1.29 is 14.6 Å². The fourth-order valence-corrected chi connectivity index (χ4v) is 1.35. The molecule has 0 atom stereocenters. The molecule has 0 bridgehead atoms. The number of hydrogen-bond donors (Lipinski definition) is 1. The fourth-order valence-electron chi connectivity index (χ4n) is 1.35. The van der Waals surface area contributed by atoms with E-state index < -0.39 is 0 Å². The van der Waals surface area contributed by atoms with Gasteiger partial charge in [0.05, 0.1) is 0 Å². The van der Waals surface area contributed by atoms with Crippen molar-refractivity contribution in [2.75, 3.05) is 0 Å². The maximum Gasteiger partial charge on any atom is 0.298 e. The normalized spacial score (nSPS) is 10.0. The van der Waals surface area contributed by atoms with E-state index in [4.69, 9.17) is 0 Å². The van der Waals surface area contributed by atoms with Gasteiger partial charge in [-0.15, -0.1) is 0 Å². The van der Waals surface area contributed by atoms with Gasteiger partial charge >= 0.3 is 0 Å². The maximum absolute atomic E-state index is 10.1. The first-order valence-electron chi connectivity index (χ1n) is 4.13. The van der Waals surface area contributed by atoms with Crippen molar-refractivity contribution in [1.29, 1.82) is 0 Å². The summed E-state index contributed by atoms with van der Waals surface area (Å²) >= 11 is 0. The SMILES string of the molecule is O=COc1cc2ccccc2cc1O. The van der Waals surface area contributed by atoms with Crippen LogP contribution in [0.25, 0.3) is 10.8 Å². The van der Waals surface area contributed by atoms with Gasteiger partial charge in [0.2, 0.25) is 0 Å². The van der Waals surface area contributed by atoms with Crippen molar-refractivity contribution in [1.82, 2.24) is 0 Å². The third-order valence-electron chi connectivity index (χ3n) is 2.00. The van der Waals surface area contributed by atoms with Crippen LogP contribution < -0.4 is 4.74 Å². The van der Waals surface area contributed by atoms with Crippen LogP contribution in [0.5, 0.6) is 11.5 Å². The molecule has 70 valence electrons. The van der Waals surface area contributed by atoms with Crippen LogP contribution in [-0.2, 0) is 4.79 Å². The van der Waals surface area contributed by atoms with Crippen LogP contribution in [-0.4, -0.2) is 11.6 Å². The van der Waals surface area contributed by atoms with Gasteiger partial charge in [0.1, 0.15) is 0 Å². The minimum atomic E-state index is -0.0317. The molecule has 3 heteroatoms. The molecule has 2 aromatic carbocycles. The van der Waals surface area contributed by atoms with E-state index in [1.807, 2.05) is 24.3 Å². The summed E-state index contributed by atoms with van der Waals surface area (Å²) in [5, 5.41) is 11.3. The van der Waals surface area contributed by atoms with Crippen molar-refractivity contribution >= 4 is 17.2 Å². The molecule has 2 aromatic rings. The summed E-state index contributed by atoms with van der Waals surface area (Å²) in [6.45, 7) is 0.295. The Morgan fingerprint density at radius 2 is 1.79 bits per heavy atom. The Bertz CT molecular complexity index is 477. The van der Waals surface area contributed by atoms with Crippen molar-refractivity contribution in [2.45, 2.75) is 0 Å². The van der Waals surface area contributed by atoms with E-state index in [0.29, 0.717) is 6.47 Å². The highest BCUT2D eigenvalue weighted by Gasteiger charge is 2.03. The van der Waals surface area contributed by atoms with E-state index in [9.17, 15) is 9.90 Å². The van der Waals surface area contributed by atoms with Gasteiger partial charge < -0.3 is 9.84 Å². The lowest BCUT2D eigenvalue weighted by Crippen LogP contribution is -1.88. The standard InChI is InChI=1S/C11H8O3/c12-7-14-11-6-9-4-2-1-3-8(9)5-10(11)13/h1-7,13H. The minimum Gasteiger partial charge on any atom is -0.504 e. The Morgan fingerprint density at radius 3 is 2.43 bits per heavy atom. The van der Waals surface area contributed by atoms with Crippen molar-refractivity contribution in [2.24, 2.45) is 0 Å². The summed E-state index contributed by atoms with van der Waals surface area (Å²) < 4.78 is 4.61. The van der Waals surface area contributed by atoms with E-state index in [-0.39, 0.29) is 11.5 Å². The van der Waals surface area contributed by atoms with Gasteiger partial charge in [-0.05, 0) is 22.9 Å². The first-order chi connectivity index (χ1) is 6.81. The Morgan fingerprint density at radius 1 is 1.14 bits per heavy atom. The first kappa shape index (κ1) is 8.56. The van der Waals surface area contributed by atoms with Gasteiger partial charge in [-0.2, -0.15) is 0 Å². The second-order valence-electron chi connectivity index (χ2n) is 2.88. The Labute approximate surface area is 80.5 Å². The Kier molecular flexibility index (Phi) is 2.07. The van der Waals surface area contributed by atoms with Crippen LogP contribution >= 0.6 is 0 Å². The lowest BCUT2D eigenvalue weighted by Gasteiger charge is -2.03. The van der Waals surface area contributed by atoms with E-state index in [1.54, 1.807) is 12.1 Å². The van der Waals surface area contributed by atoms with Gasteiger partial charge in [0, 0.05) is 0 Å². The zero-order valence-electron chi connectivity index (χ0n) is 7.31. The van der Waals surface area contributed by atoms with Crippen LogP contribution in [0.2, 0.25) is 0 Å². The van der Waals surface area contributed by atoms with E-state index >= 15 is 0 Å². The van der Waals surface area contributed by atoms with Crippen molar-refractivity contribution in [3.63, 3.8) is 0 Å². The topological polar surface area (TPSA) is 46.5 Å². The average molecular weight is 188 g/mol. The number of phenols is 1. The van der Waals surface area contributed by atoms with Crippen LogP contribution in [0.15, 0.2) is 36.4 Å². The van der Waals surface area contributed by atoms with Gasteiger partial charge in [0.25, 0.3) is 6.47 Å². The molecule has 0 amide bonds. The first-order valence-corrected chi connectivity index (χ1v) is 4.13. The molecule has 0 unspecified atom stereocenters. The molecule has 3 nitrogen and oxygen atoms in total. The summed E-state index contributed by atoms with van der Waals surface area (Å²) in [7, 11) is 0. The second-order valence-corrected chi connectivity index (χ2v) is 2.88. The molecule has 0 saturated heterocycles. The smallest absolute Gasteiger partial charge is 0.298 e.